The predicted molar refractivity (Wildman–Crippen MR) is 81.1 cm³/mol. The number of rotatable bonds is 3. The summed E-state index contributed by atoms with van der Waals surface area (Å²) in [7, 11) is -1.79. The van der Waals surface area contributed by atoms with E-state index in [9.17, 15) is 5.11 Å². The molecule has 4 nitrogen and oxygen atoms in total. The molecule has 1 saturated heterocycles. The van der Waals surface area contributed by atoms with Gasteiger partial charge in [-0.05, 0) is 43.6 Å². The lowest BCUT2D eigenvalue weighted by molar-refractivity contribution is -0.153. The van der Waals surface area contributed by atoms with Gasteiger partial charge in [-0.25, -0.2) is 0 Å². The van der Waals surface area contributed by atoms with Crippen LogP contribution in [0.4, 0.5) is 0 Å². The monoisotopic (exact) mass is 300 g/mol. The lowest BCUT2D eigenvalue weighted by Gasteiger charge is -2.36. The molecule has 0 amide bonds. The highest BCUT2D eigenvalue weighted by Crippen LogP contribution is 2.40. The van der Waals surface area contributed by atoms with Crippen LogP contribution in [0.1, 0.15) is 34.6 Å². The quantitative estimate of drug-likeness (QED) is 0.643. The Morgan fingerprint density at radius 3 is 2.45 bits per heavy atom. The van der Waals surface area contributed by atoms with Crippen LogP contribution in [-0.2, 0) is 13.9 Å². The van der Waals surface area contributed by atoms with Crippen molar-refractivity contribution in [2.24, 2.45) is 0 Å². The van der Waals surface area contributed by atoms with Crippen molar-refractivity contribution in [3.8, 4) is 0 Å². The number of fused-ring (bicyclic) bond motifs is 1. The van der Waals surface area contributed by atoms with Crippen molar-refractivity contribution in [2.75, 3.05) is 6.61 Å². The van der Waals surface area contributed by atoms with Crippen molar-refractivity contribution in [3.63, 3.8) is 0 Å². The van der Waals surface area contributed by atoms with Crippen LogP contribution >= 0.6 is 0 Å². The van der Waals surface area contributed by atoms with E-state index in [1.165, 1.54) is 0 Å². The van der Waals surface area contributed by atoms with Crippen LogP contribution in [0.15, 0.2) is 11.6 Å². The molecule has 2 rings (SSSR count). The van der Waals surface area contributed by atoms with Gasteiger partial charge in [0, 0.05) is 0 Å². The van der Waals surface area contributed by atoms with Gasteiger partial charge in [0.1, 0.15) is 18.3 Å². The summed E-state index contributed by atoms with van der Waals surface area (Å²) < 4.78 is 17.9. The number of ether oxygens (including phenoxy) is 2. The predicted octanol–water partition coefficient (Wildman–Crippen LogP) is 2.83. The van der Waals surface area contributed by atoms with Gasteiger partial charge in [0.05, 0.1) is 6.61 Å². The number of hydrogen-bond donors (Lipinski definition) is 1. The molecular formula is C15H28O4Si. The maximum atomic E-state index is 10.1. The molecule has 1 aliphatic heterocycles. The summed E-state index contributed by atoms with van der Waals surface area (Å²) in [6.07, 6.45) is 0.769. The molecule has 5 heteroatoms. The number of hydrogen-bond acceptors (Lipinski definition) is 4. The Labute approximate surface area is 123 Å². The maximum Gasteiger partial charge on any atom is 0.192 e. The third-order valence-corrected chi connectivity index (χ3v) is 9.10. The topological polar surface area (TPSA) is 47.9 Å². The highest BCUT2D eigenvalue weighted by molar-refractivity contribution is 6.74. The summed E-state index contributed by atoms with van der Waals surface area (Å²) in [4.78, 5) is 0. The van der Waals surface area contributed by atoms with E-state index in [1.807, 2.05) is 19.9 Å². The second-order valence-electron chi connectivity index (χ2n) is 7.80. The zero-order valence-electron chi connectivity index (χ0n) is 13.7. The van der Waals surface area contributed by atoms with Gasteiger partial charge in [0.15, 0.2) is 14.1 Å². The molecule has 2 aliphatic rings. The van der Waals surface area contributed by atoms with Crippen LogP contribution in [0.2, 0.25) is 18.1 Å². The van der Waals surface area contributed by atoms with E-state index in [1.54, 1.807) is 0 Å². The molecule has 0 unspecified atom stereocenters. The summed E-state index contributed by atoms with van der Waals surface area (Å²) >= 11 is 0. The van der Waals surface area contributed by atoms with Gasteiger partial charge in [0.25, 0.3) is 0 Å². The lowest BCUT2D eigenvalue weighted by Crippen LogP contribution is -2.41. The fourth-order valence-corrected chi connectivity index (χ4v) is 3.31. The molecule has 116 valence electrons. The van der Waals surface area contributed by atoms with Gasteiger partial charge in [-0.1, -0.05) is 20.8 Å². The van der Waals surface area contributed by atoms with E-state index < -0.39 is 20.2 Å². The summed E-state index contributed by atoms with van der Waals surface area (Å²) in [5.74, 6) is -0.632. The Morgan fingerprint density at radius 2 is 1.90 bits per heavy atom. The van der Waals surface area contributed by atoms with Gasteiger partial charge < -0.3 is 19.0 Å². The normalized spacial score (nSPS) is 33.2. The van der Waals surface area contributed by atoms with Gasteiger partial charge in [-0.3, -0.25) is 0 Å². The molecule has 0 bridgehead atoms. The van der Waals surface area contributed by atoms with E-state index in [0.29, 0.717) is 6.61 Å². The van der Waals surface area contributed by atoms with Crippen molar-refractivity contribution in [1.29, 1.82) is 0 Å². The van der Waals surface area contributed by atoms with Crippen LogP contribution in [0.5, 0.6) is 0 Å². The smallest absolute Gasteiger partial charge is 0.192 e. The summed E-state index contributed by atoms with van der Waals surface area (Å²) in [6, 6.07) is 0. The summed E-state index contributed by atoms with van der Waals surface area (Å²) in [5, 5.41) is 10.2. The molecule has 0 radical (unpaired) electrons. The fraction of sp³-hybridized carbons (Fsp3) is 0.867. The first kappa shape index (κ1) is 16.2. The molecular weight excluding hydrogens is 272 g/mol. The van der Waals surface area contributed by atoms with Crippen molar-refractivity contribution < 1.29 is 19.0 Å². The average Bonchev–Trinajstić information content (AvgIpc) is 2.70. The van der Waals surface area contributed by atoms with Crippen LogP contribution in [0.25, 0.3) is 0 Å². The molecule has 0 spiro atoms. The van der Waals surface area contributed by atoms with E-state index in [-0.39, 0.29) is 17.2 Å². The molecule has 20 heavy (non-hydrogen) atoms. The minimum absolute atomic E-state index is 0.176. The Bertz CT molecular complexity index is 409. The summed E-state index contributed by atoms with van der Waals surface area (Å²) in [6.45, 7) is 15.4. The molecule has 3 atom stereocenters. The minimum atomic E-state index is -1.79. The van der Waals surface area contributed by atoms with Crippen LogP contribution in [0.3, 0.4) is 0 Å². The molecule has 0 aromatic carbocycles. The zero-order valence-corrected chi connectivity index (χ0v) is 14.7. The molecule has 1 aliphatic carbocycles. The lowest BCUT2D eigenvalue weighted by atomic mass is 10.1. The zero-order chi connectivity index (χ0) is 15.3. The first-order valence-corrected chi connectivity index (χ1v) is 10.2. The van der Waals surface area contributed by atoms with Crippen LogP contribution < -0.4 is 0 Å². The Balaban J connectivity index is 2.03. The van der Waals surface area contributed by atoms with Gasteiger partial charge >= 0.3 is 0 Å². The minimum Gasteiger partial charge on any atom is -0.413 e. The van der Waals surface area contributed by atoms with Crippen molar-refractivity contribution >= 4 is 8.32 Å². The number of aliphatic hydroxyl groups excluding tert-OH is 1. The number of aliphatic hydroxyl groups is 1. The fourth-order valence-electron chi connectivity index (χ4n) is 2.35. The van der Waals surface area contributed by atoms with E-state index in [4.69, 9.17) is 13.9 Å². The van der Waals surface area contributed by atoms with E-state index >= 15 is 0 Å². The maximum absolute atomic E-state index is 10.1. The molecule has 1 N–H and O–H groups in total. The molecule has 1 heterocycles. The molecule has 0 saturated carbocycles. The standard InChI is InChI=1S/C15H28O4Si/c1-14(2,3)20(6,7)17-9-10-8-11(16)13-12(10)18-15(4,5)19-13/h8,11-13,16H,9H2,1-7H3/t11-,12+,13-/m0/s1. The SMILES string of the molecule is CC1(C)O[C@@H]2[C@H](O1)C(CO[Si](C)(C)C(C)(C)C)=C[C@@H]2O. The Morgan fingerprint density at radius 1 is 1.30 bits per heavy atom. The van der Waals surface area contributed by atoms with Crippen molar-refractivity contribution in [1.82, 2.24) is 0 Å². The molecule has 0 aromatic heterocycles. The highest BCUT2D eigenvalue weighted by atomic mass is 28.4. The first-order valence-electron chi connectivity index (χ1n) is 7.31. The third kappa shape index (κ3) is 3.02. The van der Waals surface area contributed by atoms with Crippen LogP contribution in [-0.4, -0.2) is 44.1 Å². The van der Waals surface area contributed by atoms with E-state index in [2.05, 4.69) is 33.9 Å². The second kappa shape index (κ2) is 4.92. The van der Waals surface area contributed by atoms with Gasteiger partial charge in [-0.15, -0.1) is 0 Å². The van der Waals surface area contributed by atoms with E-state index in [0.717, 1.165) is 5.57 Å². The second-order valence-corrected chi connectivity index (χ2v) is 12.6. The van der Waals surface area contributed by atoms with Crippen molar-refractivity contribution in [3.05, 3.63) is 11.6 Å². The Hall–Kier alpha value is -0.203. The molecule has 1 fully saturated rings. The first-order chi connectivity index (χ1) is 8.93. The highest BCUT2D eigenvalue weighted by Gasteiger charge is 2.50. The van der Waals surface area contributed by atoms with Gasteiger partial charge in [0.2, 0.25) is 0 Å². The average molecular weight is 300 g/mol. The van der Waals surface area contributed by atoms with Gasteiger partial charge in [-0.2, -0.15) is 0 Å². The third-order valence-electron chi connectivity index (χ3n) is 4.62. The van der Waals surface area contributed by atoms with Crippen LogP contribution in [0, 0.1) is 0 Å². The largest absolute Gasteiger partial charge is 0.413 e. The molecule has 0 aromatic rings. The summed E-state index contributed by atoms with van der Waals surface area (Å²) in [5.41, 5.74) is 1.01. The Kier molecular flexibility index (Phi) is 3.98. The van der Waals surface area contributed by atoms with Crippen molar-refractivity contribution in [2.45, 2.75) is 76.8 Å².